The molecule has 4 rings (SSSR count). The number of carbonyl (C=O) groups excluding carboxylic acids is 2. The molecular weight excluding hydrogens is 578 g/mol. The zero-order valence-corrected chi connectivity index (χ0v) is 27.0. The molecule has 0 aliphatic heterocycles. The molecule has 1 heterocycles. The van der Waals surface area contributed by atoms with Gasteiger partial charge >= 0.3 is 0 Å². The van der Waals surface area contributed by atoms with Gasteiger partial charge in [0.1, 0.15) is 6.04 Å². The Labute approximate surface area is 263 Å². The second-order valence-corrected chi connectivity index (χ2v) is 12.4. The Morgan fingerprint density at radius 1 is 0.860 bits per heavy atom. The maximum atomic E-state index is 14.1. The molecule has 0 saturated carbocycles. The first kappa shape index (κ1) is 32.0. The van der Waals surface area contributed by atoms with Gasteiger partial charge in [-0.2, -0.15) is 0 Å². The summed E-state index contributed by atoms with van der Waals surface area (Å²) in [7, 11) is 3.93. The van der Waals surface area contributed by atoms with Crippen LogP contribution in [0, 0.1) is 13.8 Å². The predicted molar refractivity (Wildman–Crippen MR) is 177 cm³/mol. The van der Waals surface area contributed by atoms with Crippen molar-refractivity contribution in [3.8, 4) is 0 Å². The number of hydrogen-bond donors (Lipinski definition) is 1. The van der Waals surface area contributed by atoms with Gasteiger partial charge in [-0.05, 0) is 78.9 Å². The van der Waals surface area contributed by atoms with Gasteiger partial charge in [0.2, 0.25) is 5.91 Å². The molecule has 1 aromatic heterocycles. The lowest BCUT2D eigenvalue weighted by molar-refractivity contribution is -0.137. The quantitative estimate of drug-likeness (QED) is 0.140. The van der Waals surface area contributed by atoms with E-state index in [1.807, 2.05) is 99.6 Å². The highest BCUT2D eigenvalue weighted by Crippen LogP contribution is 2.29. The van der Waals surface area contributed by atoms with Crippen molar-refractivity contribution in [2.75, 3.05) is 30.1 Å². The average Bonchev–Trinajstić information content (AvgIpc) is 2.96. The van der Waals surface area contributed by atoms with E-state index in [4.69, 9.17) is 11.6 Å². The number of carbonyl (C=O) groups is 2. The molecular formula is C34H38ClN5O2S. The first-order valence-corrected chi connectivity index (χ1v) is 15.5. The van der Waals surface area contributed by atoms with E-state index in [0.29, 0.717) is 21.8 Å². The van der Waals surface area contributed by atoms with Crippen LogP contribution in [-0.4, -0.2) is 46.5 Å². The van der Waals surface area contributed by atoms with Crippen molar-refractivity contribution in [3.05, 3.63) is 112 Å². The van der Waals surface area contributed by atoms with E-state index in [-0.39, 0.29) is 24.1 Å². The number of benzene rings is 3. The molecule has 1 unspecified atom stereocenters. The van der Waals surface area contributed by atoms with E-state index in [1.165, 1.54) is 11.8 Å². The number of anilines is 2. The normalized spacial score (nSPS) is 11.7. The van der Waals surface area contributed by atoms with Crippen LogP contribution in [0.1, 0.15) is 53.9 Å². The topological polar surface area (TPSA) is 78.4 Å². The maximum Gasteiger partial charge on any atom is 0.251 e. The Bertz CT molecular complexity index is 1520. The minimum absolute atomic E-state index is 0.0713. The van der Waals surface area contributed by atoms with E-state index in [1.54, 1.807) is 17.0 Å². The Morgan fingerprint density at radius 2 is 1.44 bits per heavy atom. The van der Waals surface area contributed by atoms with Crippen molar-refractivity contribution in [1.82, 2.24) is 14.9 Å². The summed E-state index contributed by atoms with van der Waals surface area (Å²) in [5, 5.41) is 4.19. The first-order valence-electron chi connectivity index (χ1n) is 14.2. The smallest absolute Gasteiger partial charge is 0.251 e. The third-order valence-corrected chi connectivity index (χ3v) is 8.09. The number of amides is 2. The summed E-state index contributed by atoms with van der Waals surface area (Å²) < 4.78 is 0. The lowest BCUT2D eigenvalue weighted by Gasteiger charge is -2.32. The van der Waals surface area contributed by atoms with Gasteiger partial charge < -0.3 is 15.1 Å². The summed E-state index contributed by atoms with van der Waals surface area (Å²) in [6, 6.07) is 23.9. The molecule has 7 nitrogen and oxygen atoms in total. The average molecular weight is 616 g/mol. The van der Waals surface area contributed by atoms with Gasteiger partial charge in [-0.15, -0.1) is 0 Å². The molecule has 9 heteroatoms. The summed E-state index contributed by atoms with van der Waals surface area (Å²) in [5.74, 6) is -0.108. The van der Waals surface area contributed by atoms with Crippen LogP contribution in [0.3, 0.4) is 0 Å². The second-order valence-electron chi connectivity index (χ2n) is 11.0. The van der Waals surface area contributed by atoms with Gasteiger partial charge in [0.05, 0.1) is 5.75 Å². The molecule has 0 spiro atoms. The summed E-state index contributed by atoms with van der Waals surface area (Å²) in [6.07, 6.45) is 0. The zero-order chi connectivity index (χ0) is 31.1. The van der Waals surface area contributed by atoms with Gasteiger partial charge in [0.25, 0.3) is 5.91 Å². The number of halogens is 1. The van der Waals surface area contributed by atoms with Crippen molar-refractivity contribution >= 4 is 46.6 Å². The van der Waals surface area contributed by atoms with Crippen LogP contribution in [0.5, 0.6) is 0 Å². The largest absolute Gasteiger partial charge is 0.378 e. The molecule has 0 aliphatic carbocycles. The number of nitrogens with zero attached hydrogens (tertiary/aromatic N) is 4. The van der Waals surface area contributed by atoms with Crippen LogP contribution in [0.4, 0.5) is 11.4 Å². The summed E-state index contributed by atoms with van der Waals surface area (Å²) in [4.78, 5) is 40.8. The highest BCUT2D eigenvalue weighted by molar-refractivity contribution is 7.99. The molecule has 0 saturated heterocycles. The first-order chi connectivity index (χ1) is 20.5. The number of hydrogen-bond acceptors (Lipinski definition) is 6. The highest BCUT2D eigenvalue weighted by Gasteiger charge is 2.32. The van der Waals surface area contributed by atoms with Crippen molar-refractivity contribution in [3.63, 3.8) is 0 Å². The third-order valence-electron chi connectivity index (χ3n) is 7.00. The molecule has 0 aliphatic rings. The number of nitrogens with one attached hydrogen (secondary N) is 1. The van der Waals surface area contributed by atoms with E-state index in [2.05, 4.69) is 29.1 Å². The van der Waals surface area contributed by atoms with Crippen LogP contribution < -0.4 is 10.2 Å². The molecule has 0 radical (unpaired) electrons. The van der Waals surface area contributed by atoms with Crippen LogP contribution in [-0.2, 0) is 16.1 Å². The lowest BCUT2D eigenvalue weighted by atomic mass is 9.97. The molecule has 0 bridgehead atoms. The molecule has 0 fully saturated rings. The predicted octanol–water partition coefficient (Wildman–Crippen LogP) is 7.44. The van der Waals surface area contributed by atoms with Crippen LogP contribution >= 0.6 is 23.4 Å². The molecule has 4 aromatic rings. The van der Waals surface area contributed by atoms with Gasteiger partial charge in [0, 0.05) is 48.4 Å². The van der Waals surface area contributed by atoms with Crippen molar-refractivity contribution in [1.29, 1.82) is 0 Å². The molecule has 43 heavy (non-hydrogen) atoms. The molecule has 224 valence electrons. The van der Waals surface area contributed by atoms with Crippen LogP contribution in [0.15, 0.2) is 84.0 Å². The van der Waals surface area contributed by atoms with Crippen molar-refractivity contribution < 1.29 is 9.59 Å². The fraction of sp³-hybridized carbons (Fsp3) is 0.294. The second kappa shape index (κ2) is 14.5. The van der Waals surface area contributed by atoms with Crippen LogP contribution in [0.2, 0.25) is 5.02 Å². The van der Waals surface area contributed by atoms with E-state index in [9.17, 15) is 9.59 Å². The Morgan fingerprint density at radius 3 is 2.00 bits per heavy atom. The SMILES string of the molecule is Cc1cc(C)nc(SCC(=O)N(Cc2ccc(Cl)cc2)C(C(=O)Nc2ccc(N(C)C)cc2)c2ccc(C(C)C)cc2)n1. The number of thioether (sulfide) groups is 1. The van der Waals surface area contributed by atoms with E-state index < -0.39 is 6.04 Å². The van der Waals surface area contributed by atoms with E-state index in [0.717, 1.165) is 33.8 Å². The minimum Gasteiger partial charge on any atom is -0.378 e. The molecule has 1 atom stereocenters. The van der Waals surface area contributed by atoms with Gasteiger partial charge in [-0.3, -0.25) is 9.59 Å². The highest BCUT2D eigenvalue weighted by atomic mass is 35.5. The Kier molecular flexibility index (Phi) is 10.8. The fourth-order valence-electron chi connectivity index (χ4n) is 4.67. The molecule has 3 aromatic carbocycles. The summed E-state index contributed by atoms with van der Waals surface area (Å²) >= 11 is 7.43. The Hall–Kier alpha value is -3.88. The monoisotopic (exact) mass is 615 g/mol. The number of rotatable bonds is 11. The van der Waals surface area contributed by atoms with Crippen LogP contribution in [0.25, 0.3) is 0 Å². The summed E-state index contributed by atoms with van der Waals surface area (Å²) in [6.45, 7) is 8.27. The molecule has 2 amide bonds. The standard InChI is InChI=1S/C34H38ClN5O2S/c1-22(2)26-9-11-27(12-10-26)32(33(42)38-29-15-17-30(18-16-29)39(5)6)40(20-25-7-13-28(35)14-8-25)31(41)21-43-34-36-23(3)19-24(4)37-34/h7-19,22,32H,20-21H2,1-6H3,(H,38,42). The minimum atomic E-state index is -0.890. The van der Waals surface area contributed by atoms with E-state index >= 15 is 0 Å². The lowest BCUT2D eigenvalue weighted by Crippen LogP contribution is -2.41. The van der Waals surface area contributed by atoms with Crippen molar-refractivity contribution in [2.24, 2.45) is 0 Å². The third kappa shape index (κ3) is 8.81. The fourth-order valence-corrected chi connectivity index (χ4v) is 5.63. The van der Waals surface area contributed by atoms with Crippen molar-refractivity contribution in [2.45, 2.75) is 51.4 Å². The number of aromatic nitrogens is 2. The number of aryl methyl sites for hydroxylation is 2. The molecule has 1 N–H and O–H groups in total. The van der Waals surface area contributed by atoms with Gasteiger partial charge in [-0.1, -0.05) is 73.6 Å². The maximum absolute atomic E-state index is 14.1. The van der Waals surface area contributed by atoms with Gasteiger partial charge in [-0.25, -0.2) is 9.97 Å². The zero-order valence-electron chi connectivity index (χ0n) is 25.5. The van der Waals surface area contributed by atoms with Gasteiger partial charge in [0.15, 0.2) is 5.16 Å². The summed E-state index contributed by atoms with van der Waals surface area (Å²) in [5.41, 5.74) is 6.08. The Balaban J connectivity index is 1.71.